The van der Waals surface area contributed by atoms with Gasteiger partial charge in [-0.05, 0) is 56.5 Å². The van der Waals surface area contributed by atoms with E-state index in [1.807, 2.05) is 12.3 Å². The van der Waals surface area contributed by atoms with Crippen molar-refractivity contribution in [3.63, 3.8) is 0 Å². The molecule has 0 spiro atoms. The molecule has 1 aliphatic heterocycles. The van der Waals surface area contributed by atoms with Crippen LogP contribution in [0.3, 0.4) is 0 Å². The van der Waals surface area contributed by atoms with Crippen LogP contribution in [0.15, 0.2) is 36.5 Å². The Hall–Kier alpha value is -2.27. The second kappa shape index (κ2) is 7.96. The highest BCUT2D eigenvalue weighted by Crippen LogP contribution is 2.31. The predicted molar refractivity (Wildman–Crippen MR) is 105 cm³/mol. The van der Waals surface area contributed by atoms with Crippen LogP contribution < -0.4 is 15.0 Å². The largest absolute Gasteiger partial charge is 0.495 e. The van der Waals surface area contributed by atoms with Gasteiger partial charge >= 0.3 is 0 Å². The van der Waals surface area contributed by atoms with Crippen molar-refractivity contribution in [1.82, 2.24) is 4.98 Å². The molecule has 0 radical (unpaired) electrons. The summed E-state index contributed by atoms with van der Waals surface area (Å²) >= 11 is 6.13. The molecule has 5 nitrogen and oxygen atoms in total. The SMILES string of the molecule is COc1ccc(NC(=O)C2CCN(c3ncccc3C)C(C)C2)cc1Cl. The van der Waals surface area contributed by atoms with Gasteiger partial charge in [-0.15, -0.1) is 0 Å². The van der Waals surface area contributed by atoms with Crippen LogP contribution in [0.2, 0.25) is 5.02 Å². The molecule has 2 aromatic rings. The summed E-state index contributed by atoms with van der Waals surface area (Å²) in [4.78, 5) is 19.5. The third-order valence-corrected chi connectivity index (χ3v) is 5.22. The number of anilines is 2. The molecule has 1 aromatic heterocycles. The molecular formula is C20H24ClN3O2. The van der Waals surface area contributed by atoms with Gasteiger partial charge in [0.1, 0.15) is 11.6 Å². The van der Waals surface area contributed by atoms with Crippen molar-refractivity contribution >= 4 is 29.0 Å². The highest BCUT2D eigenvalue weighted by atomic mass is 35.5. The fraction of sp³-hybridized carbons (Fsp3) is 0.400. The molecule has 1 N–H and O–H groups in total. The zero-order valence-corrected chi connectivity index (χ0v) is 16.1. The number of pyridine rings is 1. The van der Waals surface area contributed by atoms with Gasteiger partial charge in [0.15, 0.2) is 0 Å². The van der Waals surface area contributed by atoms with E-state index in [9.17, 15) is 4.79 Å². The molecule has 26 heavy (non-hydrogen) atoms. The summed E-state index contributed by atoms with van der Waals surface area (Å²) in [7, 11) is 1.57. The van der Waals surface area contributed by atoms with E-state index in [0.717, 1.165) is 30.8 Å². The molecule has 6 heteroatoms. The molecule has 138 valence electrons. The molecule has 0 saturated carbocycles. The van der Waals surface area contributed by atoms with Gasteiger partial charge in [0.05, 0.1) is 12.1 Å². The normalized spacial score (nSPS) is 19.9. The molecule has 1 aromatic carbocycles. The number of nitrogens with zero attached hydrogens (tertiary/aromatic N) is 2. The van der Waals surface area contributed by atoms with Crippen LogP contribution in [-0.4, -0.2) is 30.6 Å². The standard InChI is InChI=1S/C20H24ClN3O2/c1-13-5-4-9-22-19(13)24-10-8-15(11-14(24)2)20(25)23-16-6-7-18(26-3)17(21)12-16/h4-7,9,12,14-15H,8,10-11H2,1-3H3,(H,23,25). The molecule has 2 heterocycles. The molecule has 0 aliphatic carbocycles. The van der Waals surface area contributed by atoms with E-state index < -0.39 is 0 Å². The van der Waals surface area contributed by atoms with Gasteiger partial charge in [0.25, 0.3) is 0 Å². The lowest BCUT2D eigenvalue weighted by Crippen LogP contribution is -2.44. The second-order valence-electron chi connectivity index (χ2n) is 6.75. The number of carbonyl (C=O) groups is 1. The molecule has 1 amide bonds. The lowest BCUT2D eigenvalue weighted by Gasteiger charge is -2.38. The van der Waals surface area contributed by atoms with Crippen LogP contribution >= 0.6 is 11.6 Å². The van der Waals surface area contributed by atoms with E-state index in [1.54, 1.807) is 25.3 Å². The number of methoxy groups -OCH3 is 1. The number of aromatic nitrogens is 1. The first-order chi connectivity index (χ1) is 12.5. The number of hydrogen-bond acceptors (Lipinski definition) is 4. The maximum atomic E-state index is 12.7. The minimum Gasteiger partial charge on any atom is -0.495 e. The topological polar surface area (TPSA) is 54.5 Å². The van der Waals surface area contributed by atoms with Gasteiger partial charge < -0.3 is 15.0 Å². The van der Waals surface area contributed by atoms with Crippen LogP contribution in [0.4, 0.5) is 11.5 Å². The van der Waals surface area contributed by atoms with E-state index in [2.05, 4.69) is 35.1 Å². The number of halogens is 1. The average Bonchev–Trinajstić information content (AvgIpc) is 2.62. The Morgan fingerprint density at radius 1 is 1.38 bits per heavy atom. The lowest BCUT2D eigenvalue weighted by atomic mass is 9.90. The summed E-state index contributed by atoms with van der Waals surface area (Å²) in [5.41, 5.74) is 1.85. The Bertz CT molecular complexity index is 796. The zero-order chi connectivity index (χ0) is 18.7. The van der Waals surface area contributed by atoms with Crippen molar-refractivity contribution < 1.29 is 9.53 Å². The third-order valence-electron chi connectivity index (χ3n) is 4.92. The highest BCUT2D eigenvalue weighted by molar-refractivity contribution is 6.32. The number of piperidine rings is 1. The first-order valence-corrected chi connectivity index (χ1v) is 9.20. The van der Waals surface area contributed by atoms with Crippen LogP contribution in [0.5, 0.6) is 5.75 Å². The van der Waals surface area contributed by atoms with E-state index >= 15 is 0 Å². The van der Waals surface area contributed by atoms with Crippen LogP contribution in [0.1, 0.15) is 25.3 Å². The average molecular weight is 374 g/mol. The highest BCUT2D eigenvalue weighted by Gasteiger charge is 2.31. The first-order valence-electron chi connectivity index (χ1n) is 8.82. The second-order valence-corrected chi connectivity index (χ2v) is 7.15. The number of benzene rings is 1. The monoisotopic (exact) mass is 373 g/mol. The fourth-order valence-corrected chi connectivity index (χ4v) is 3.75. The van der Waals surface area contributed by atoms with Crippen LogP contribution in [0, 0.1) is 12.8 Å². The number of amides is 1. The Kier molecular flexibility index (Phi) is 5.67. The van der Waals surface area contributed by atoms with Gasteiger partial charge in [-0.25, -0.2) is 4.98 Å². The number of ether oxygens (including phenoxy) is 1. The summed E-state index contributed by atoms with van der Waals surface area (Å²) < 4.78 is 5.14. The number of nitrogens with one attached hydrogen (secondary N) is 1. The summed E-state index contributed by atoms with van der Waals surface area (Å²) in [5, 5.41) is 3.46. The smallest absolute Gasteiger partial charge is 0.227 e. The fourth-order valence-electron chi connectivity index (χ4n) is 3.49. The predicted octanol–water partition coefficient (Wildman–Crippen LogP) is 4.30. The summed E-state index contributed by atoms with van der Waals surface area (Å²) in [6, 6.07) is 9.55. The van der Waals surface area contributed by atoms with Gasteiger partial charge in [0.2, 0.25) is 5.91 Å². The molecule has 2 atom stereocenters. The van der Waals surface area contributed by atoms with Gasteiger partial charge in [-0.1, -0.05) is 17.7 Å². The van der Waals surface area contributed by atoms with E-state index in [0.29, 0.717) is 16.5 Å². The van der Waals surface area contributed by atoms with E-state index in [-0.39, 0.29) is 17.9 Å². The molecule has 3 rings (SSSR count). The minimum absolute atomic E-state index is 0.0221. The van der Waals surface area contributed by atoms with Crippen molar-refractivity contribution in [2.24, 2.45) is 5.92 Å². The Morgan fingerprint density at radius 3 is 2.85 bits per heavy atom. The molecule has 0 bridgehead atoms. The van der Waals surface area contributed by atoms with Gasteiger partial charge in [0, 0.05) is 30.4 Å². The van der Waals surface area contributed by atoms with Crippen molar-refractivity contribution in [2.75, 3.05) is 23.9 Å². The Morgan fingerprint density at radius 2 is 2.19 bits per heavy atom. The van der Waals surface area contributed by atoms with Crippen molar-refractivity contribution in [3.05, 3.63) is 47.1 Å². The van der Waals surface area contributed by atoms with Gasteiger partial charge in [-0.2, -0.15) is 0 Å². The minimum atomic E-state index is -0.0221. The Labute approximate surface area is 159 Å². The molecule has 2 unspecified atom stereocenters. The first kappa shape index (κ1) is 18.5. The van der Waals surface area contributed by atoms with E-state index in [4.69, 9.17) is 16.3 Å². The summed E-state index contributed by atoms with van der Waals surface area (Å²) in [6.45, 7) is 5.04. The molecule has 1 saturated heterocycles. The summed E-state index contributed by atoms with van der Waals surface area (Å²) in [5.74, 6) is 1.62. The molecule has 1 aliphatic rings. The van der Waals surface area contributed by atoms with E-state index in [1.165, 1.54) is 0 Å². The summed E-state index contributed by atoms with van der Waals surface area (Å²) in [6.07, 6.45) is 3.42. The third kappa shape index (κ3) is 3.93. The Balaban J connectivity index is 1.64. The van der Waals surface area contributed by atoms with Crippen molar-refractivity contribution in [3.8, 4) is 5.75 Å². The quantitative estimate of drug-likeness (QED) is 0.868. The maximum absolute atomic E-state index is 12.7. The van der Waals surface area contributed by atoms with Gasteiger partial charge in [-0.3, -0.25) is 4.79 Å². The number of carbonyl (C=O) groups excluding carboxylic acids is 1. The zero-order valence-electron chi connectivity index (χ0n) is 15.3. The molecular weight excluding hydrogens is 350 g/mol. The maximum Gasteiger partial charge on any atom is 0.227 e. The number of aryl methyl sites for hydroxylation is 1. The molecule has 1 fully saturated rings. The lowest BCUT2D eigenvalue weighted by molar-refractivity contribution is -0.120. The number of rotatable bonds is 4. The van der Waals surface area contributed by atoms with Crippen molar-refractivity contribution in [2.45, 2.75) is 32.7 Å². The van der Waals surface area contributed by atoms with Crippen molar-refractivity contribution in [1.29, 1.82) is 0 Å². The van der Waals surface area contributed by atoms with Crippen LogP contribution in [-0.2, 0) is 4.79 Å². The van der Waals surface area contributed by atoms with Crippen LogP contribution in [0.25, 0.3) is 0 Å². The number of hydrogen-bond donors (Lipinski definition) is 1.